The van der Waals surface area contributed by atoms with Crippen LogP contribution in [0, 0.1) is 6.92 Å². The van der Waals surface area contributed by atoms with Gasteiger partial charge in [-0.2, -0.15) is 0 Å². The van der Waals surface area contributed by atoms with Gasteiger partial charge in [0, 0.05) is 16.4 Å². The number of benzene rings is 1. The smallest absolute Gasteiger partial charge is 0.143 e. The van der Waals surface area contributed by atoms with Crippen molar-refractivity contribution in [3.05, 3.63) is 47.4 Å². The number of hydrogen-bond acceptors (Lipinski definition) is 4. The lowest BCUT2D eigenvalue weighted by Crippen LogP contribution is -1.94. The van der Waals surface area contributed by atoms with E-state index in [4.69, 9.17) is 11.6 Å². The van der Waals surface area contributed by atoms with Crippen molar-refractivity contribution < 1.29 is 0 Å². The molecule has 3 aromatic rings. The first-order valence-corrected chi connectivity index (χ1v) is 6.93. The number of rotatable bonds is 2. The number of anilines is 2. The van der Waals surface area contributed by atoms with Gasteiger partial charge >= 0.3 is 0 Å². The van der Waals surface area contributed by atoms with Gasteiger partial charge in [0.15, 0.2) is 0 Å². The van der Waals surface area contributed by atoms with Crippen LogP contribution < -0.4 is 10.6 Å². The summed E-state index contributed by atoms with van der Waals surface area (Å²) in [4.78, 5) is 11.6. The third-order valence-electron chi connectivity index (χ3n) is 2.65. The van der Waals surface area contributed by atoms with Gasteiger partial charge in [0.25, 0.3) is 0 Å². The van der Waals surface area contributed by atoms with E-state index in [9.17, 15) is 0 Å². The van der Waals surface area contributed by atoms with E-state index in [1.165, 1.54) is 6.33 Å². The number of aromatic nitrogens is 3. The summed E-state index contributed by atoms with van der Waals surface area (Å²) in [5.74, 6) is 0.770. The van der Waals surface area contributed by atoms with Crippen LogP contribution in [0.2, 0.25) is 5.02 Å². The molecule has 110 valence electrons. The molecule has 0 amide bonds. The topological polar surface area (TPSA) is 65.6 Å². The minimum atomic E-state index is 0.690. The van der Waals surface area contributed by atoms with Gasteiger partial charge in [-0.15, -0.1) is 0 Å². The highest BCUT2D eigenvalue weighted by molar-refractivity contribution is 6.30. The summed E-state index contributed by atoms with van der Waals surface area (Å²) in [6.45, 7) is 1.99. The molecule has 0 saturated heterocycles. The molecule has 2 aromatic heterocycles. The van der Waals surface area contributed by atoms with E-state index in [1.54, 1.807) is 0 Å². The minimum Gasteiger partial charge on any atom is -0.343 e. The zero-order chi connectivity index (χ0) is 15.2. The Bertz CT molecular complexity index is 723. The number of hydrogen-bond donors (Lipinski definition) is 3. The van der Waals surface area contributed by atoms with Crippen LogP contribution in [-0.4, -0.2) is 29.0 Å². The number of nitrogens with one attached hydrogen (secondary N) is 3. The Morgan fingerprint density at radius 1 is 1.14 bits per heavy atom. The van der Waals surface area contributed by atoms with Gasteiger partial charge in [0.05, 0.1) is 5.39 Å². The van der Waals surface area contributed by atoms with Crippen molar-refractivity contribution in [3.8, 4) is 0 Å². The van der Waals surface area contributed by atoms with Crippen LogP contribution in [0.5, 0.6) is 0 Å². The van der Waals surface area contributed by atoms with E-state index in [0.717, 1.165) is 28.2 Å². The molecule has 21 heavy (non-hydrogen) atoms. The molecule has 0 unspecified atom stereocenters. The van der Waals surface area contributed by atoms with Crippen molar-refractivity contribution in [1.82, 2.24) is 20.3 Å². The molecule has 0 fully saturated rings. The highest BCUT2D eigenvalue weighted by Gasteiger charge is 2.06. The molecule has 0 bridgehead atoms. The Kier molecular flexibility index (Phi) is 5.14. The number of H-pyrrole nitrogens is 1. The van der Waals surface area contributed by atoms with Crippen molar-refractivity contribution in [3.63, 3.8) is 0 Å². The second-order valence-corrected chi connectivity index (χ2v) is 5.01. The molecule has 6 heteroatoms. The van der Waals surface area contributed by atoms with Crippen molar-refractivity contribution in [2.24, 2.45) is 0 Å². The Labute approximate surface area is 128 Å². The third kappa shape index (κ3) is 3.93. The monoisotopic (exact) mass is 303 g/mol. The van der Waals surface area contributed by atoms with Crippen molar-refractivity contribution in [2.75, 3.05) is 19.4 Å². The molecule has 2 heterocycles. The molecule has 3 rings (SSSR count). The predicted molar refractivity (Wildman–Crippen MR) is 88.3 cm³/mol. The quantitative estimate of drug-likeness (QED) is 0.678. The summed E-state index contributed by atoms with van der Waals surface area (Å²) in [7, 11) is 3.75. The SMILES string of the molecule is CNC.Cc1cc2c(Nc3cccc(Cl)c3)ncnc2[nH]1. The first kappa shape index (κ1) is 15.3. The molecule has 0 aliphatic rings. The molecule has 0 atom stereocenters. The van der Waals surface area contributed by atoms with Crippen LogP contribution in [0.4, 0.5) is 11.5 Å². The van der Waals surface area contributed by atoms with E-state index in [2.05, 4.69) is 25.6 Å². The van der Waals surface area contributed by atoms with Gasteiger partial charge in [0.1, 0.15) is 17.8 Å². The fourth-order valence-corrected chi connectivity index (χ4v) is 2.06. The summed E-state index contributed by atoms with van der Waals surface area (Å²) in [6, 6.07) is 9.55. The van der Waals surface area contributed by atoms with E-state index < -0.39 is 0 Å². The Morgan fingerprint density at radius 2 is 1.90 bits per heavy atom. The summed E-state index contributed by atoms with van der Waals surface area (Å²) >= 11 is 5.95. The summed E-state index contributed by atoms with van der Waals surface area (Å²) in [5, 5.41) is 7.65. The van der Waals surface area contributed by atoms with E-state index in [-0.39, 0.29) is 0 Å². The van der Waals surface area contributed by atoms with Crippen LogP contribution >= 0.6 is 11.6 Å². The molecular formula is C15H18ClN5. The molecule has 0 saturated carbocycles. The van der Waals surface area contributed by atoms with Crippen molar-refractivity contribution in [2.45, 2.75) is 6.92 Å². The van der Waals surface area contributed by atoms with Crippen LogP contribution in [0.25, 0.3) is 11.0 Å². The molecule has 0 radical (unpaired) electrons. The number of aryl methyl sites for hydroxylation is 1. The number of fused-ring (bicyclic) bond motifs is 1. The Hall–Kier alpha value is -2.11. The fourth-order valence-electron chi connectivity index (χ4n) is 1.87. The normalized spacial score (nSPS) is 10.1. The Morgan fingerprint density at radius 3 is 2.62 bits per heavy atom. The zero-order valence-corrected chi connectivity index (χ0v) is 13.0. The predicted octanol–water partition coefficient (Wildman–Crippen LogP) is 3.50. The second kappa shape index (κ2) is 7.06. The molecule has 1 aromatic carbocycles. The average Bonchev–Trinajstić information content (AvgIpc) is 2.81. The average molecular weight is 304 g/mol. The summed E-state index contributed by atoms with van der Waals surface area (Å²) < 4.78 is 0. The number of aromatic amines is 1. The first-order valence-electron chi connectivity index (χ1n) is 6.55. The molecule has 0 aliphatic carbocycles. The maximum absolute atomic E-state index is 5.95. The number of halogens is 1. The standard InChI is InChI=1S/C13H11ClN4.C2H7N/c1-8-5-11-12(17-8)15-7-16-13(11)18-10-4-2-3-9(14)6-10;1-3-2/h2-7H,1H3,(H2,15,16,17,18);3H,1-2H3. The van der Waals surface area contributed by atoms with Gasteiger partial charge in [0.2, 0.25) is 0 Å². The second-order valence-electron chi connectivity index (χ2n) is 4.57. The molecular weight excluding hydrogens is 286 g/mol. The van der Waals surface area contributed by atoms with Crippen LogP contribution in [-0.2, 0) is 0 Å². The van der Waals surface area contributed by atoms with E-state index in [1.807, 2.05) is 51.4 Å². The molecule has 5 nitrogen and oxygen atoms in total. The van der Waals surface area contributed by atoms with Gasteiger partial charge in [-0.25, -0.2) is 9.97 Å². The van der Waals surface area contributed by atoms with Gasteiger partial charge in [-0.3, -0.25) is 0 Å². The van der Waals surface area contributed by atoms with E-state index >= 15 is 0 Å². The number of nitrogens with zero attached hydrogens (tertiary/aromatic N) is 2. The van der Waals surface area contributed by atoms with Crippen molar-refractivity contribution in [1.29, 1.82) is 0 Å². The van der Waals surface area contributed by atoms with Gasteiger partial charge < -0.3 is 15.6 Å². The minimum absolute atomic E-state index is 0.690. The fraction of sp³-hybridized carbons (Fsp3) is 0.200. The molecule has 3 N–H and O–H groups in total. The maximum atomic E-state index is 5.95. The lowest BCUT2D eigenvalue weighted by molar-refractivity contribution is 1.02. The lowest BCUT2D eigenvalue weighted by Gasteiger charge is -2.06. The van der Waals surface area contributed by atoms with E-state index in [0.29, 0.717) is 5.02 Å². The van der Waals surface area contributed by atoms with Crippen LogP contribution in [0.3, 0.4) is 0 Å². The molecule has 0 spiro atoms. The van der Waals surface area contributed by atoms with Gasteiger partial charge in [-0.1, -0.05) is 17.7 Å². The van der Waals surface area contributed by atoms with Crippen LogP contribution in [0.15, 0.2) is 36.7 Å². The largest absolute Gasteiger partial charge is 0.343 e. The molecule has 0 aliphatic heterocycles. The lowest BCUT2D eigenvalue weighted by atomic mass is 10.3. The summed E-state index contributed by atoms with van der Waals surface area (Å²) in [5.41, 5.74) is 2.79. The third-order valence-corrected chi connectivity index (χ3v) is 2.88. The van der Waals surface area contributed by atoms with Crippen LogP contribution in [0.1, 0.15) is 5.69 Å². The zero-order valence-electron chi connectivity index (χ0n) is 12.2. The van der Waals surface area contributed by atoms with Crippen molar-refractivity contribution >= 4 is 34.1 Å². The summed E-state index contributed by atoms with van der Waals surface area (Å²) in [6.07, 6.45) is 1.53. The highest BCUT2D eigenvalue weighted by Crippen LogP contribution is 2.24. The maximum Gasteiger partial charge on any atom is 0.143 e. The Balaban J connectivity index is 0.000000497. The first-order chi connectivity index (χ1) is 10.1. The van der Waals surface area contributed by atoms with Gasteiger partial charge in [-0.05, 0) is 45.3 Å². The highest BCUT2D eigenvalue weighted by atomic mass is 35.5.